The third-order valence-corrected chi connectivity index (χ3v) is 5.18. The number of hydrogen-bond acceptors (Lipinski definition) is 7. The first-order valence-electron chi connectivity index (χ1n) is 10.1. The van der Waals surface area contributed by atoms with Crippen molar-refractivity contribution in [2.24, 2.45) is 0 Å². The summed E-state index contributed by atoms with van der Waals surface area (Å²) in [6.45, 7) is 3.76. The minimum Gasteiger partial charge on any atom is -0.493 e. The van der Waals surface area contributed by atoms with Crippen molar-refractivity contribution < 1.29 is 24.1 Å². The summed E-state index contributed by atoms with van der Waals surface area (Å²) in [5.41, 5.74) is 0.499. The van der Waals surface area contributed by atoms with Gasteiger partial charge >= 0.3 is 0 Å². The molecule has 1 aromatic heterocycles. The molecule has 3 N–H and O–H groups in total. The number of aliphatic hydroxyl groups excluding tert-OH is 1. The summed E-state index contributed by atoms with van der Waals surface area (Å²) >= 11 is 5.23. The van der Waals surface area contributed by atoms with Crippen molar-refractivity contribution in [3.8, 4) is 17.2 Å². The molecule has 0 aliphatic rings. The van der Waals surface area contributed by atoms with E-state index in [1.54, 1.807) is 36.4 Å². The summed E-state index contributed by atoms with van der Waals surface area (Å²) in [6, 6.07) is 9.82. The fraction of sp³-hybridized carbons (Fsp3) is 0.261. The highest BCUT2D eigenvalue weighted by Gasteiger charge is 2.15. The van der Waals surface area contributed by atoms with Crippen LogP contribution in [0.25, 0.3) is 10.9 Å². The number of allylic oxidation sites excluding steroid dienone is 1. The number of fused-ring (bicyclic) bond motifs is 1. The normalized spacial score (nSPS) is 11.6. The number of carbonyl (C=O) groups is 1. The van der Waals surface area contributed by atoms with Gasteiger partial charge in [-0.1, -0.05) is 12.1 Å². The number of hydrogen-bond donors (Lipinski definition) is 3. The summed E-state index contributed by atoms with van der Waals surface area (Å²) in [5.74, 6) is 0.873. The number of amides is 1. The Bertz CT molecular complexity index is 1260. The smallest absolute Gasteiger partial charge is 0.262 e. The molecular formula is C23H25N3O6S. The van der Waals surface area contributed by atoms with Gasteiger partial charge in [-0.2, -0.15) is 0 Å². The second kappa shape index (κ2) is 10.8. The van der Waals surface area contributed by atoms with Crippen LogP contribution in [0.3, 0.4) is 0 Å². The van der Waals surface area contributed by atoms with Gasteiger partial charge in [0.05, 0.1) is 25.1 Å². The third kappa shape index (κ3) is 5.41. The van der Waals surface area contributed by atoms with Gasteiger partial charge in [-0.25, -0.2) is 0 Å². The van der Waals surface area contributed by atoms with Gasteiger partial charge in [0.15, 0.2) is 16.3 Å². The second-order valence-corrected chi connectivity index (χ2v) is 7.45. The van der Waals surface area contributed by atoms with E-state index in [-0.39, 0.29) is 30.0 Å². The monoisotopic (exact) mass is 471 g/mol. The first kappa shape index (κ1) is 24.0. The van der Waals surface area contributed by atoms with E-state index in [0.717, 1.165) is 0 Å². The molecule has 33 heavy (non-hydrogen) atoms. The third-order valence-electron chi connectivity index (χ3n) is 4.86. The Labute approximate surface area is 195 Å². The molecule has 1 amide bonds. The first-order chi connectivity index (χ1) is 15.9. The number of aromatic amines is 1. The molecule has 0 radical (unpaired) electrons. The highest BCUT2D eigenvalue weighted by atomic mass is 32.1. The number of rotatable bonds is 10. The van der Waals surface area contributed by atoms with E-state index in [4.69, 9.17) is 26.4 Å². The number of methoxy groups -OCH3 is 2. The van der Waals surface area contributed by atoms with E-state index in [0.29, 0.717) is 33.7 Å². The number of nitrogens with zero attached hydrogens (tertiary/aromatic N) is 1. The molecule has 9 nitrogen and oxygen atoms in total. The minimum absolute atomic E-state index is 0.0503. The standard InChI is InChI=1S/C23H25N3O6S/c1-4-10-26-22(29)16-9-8-14(11-17(16)25-23(26)33)21(28)24-12-15(27)13-32-20-18(30-2)6-5-7-19(20)31-3/h4-9,11,15,27H,1,10,12-13H2,2-3H3,(H,24,28)(H,25,33). The van der Waals surface area contributed by atoms with Crippen LogP contribution in [-0.4, -0.2) is 54.0 Å². The minimum atomic E-state index is -0.985. The number of nitrogens with one attached hydrogen (secondary N) is 2. The van der Waals surface area contributed by atoms with Crippen molar-refractivity contribution in [1.29, 1.82) is 0 Å². The SMILES string of the molecule is C=CCn1c(=S)[nH]c2cc(C(=O)NCC(O)COc3c(OC)cccc3OC)ccc2c1=O. The van der Waals surface area contributed by atoms with Crippen LogP contribution in [-0.2, 0) is 6.54 Å². The molecule has 0 saturated carbocycles. The van der Waals surface area contributed by atoms with Gasteiger partial charge in [-0.3, -0.25) is 14.2 Å². The highest BCUT2D eigenvalue weighted by Crippen LogP contribution is 2.36. The van der Waals surface area contributed by atoms with E-state index in [1.807, 2.05) is 0 Å². The van der Waals surface area contributed by atoms with Gasteiger partial charge in [0, 0.05) is 18.7 Å². The van der Waals surface area contributed by atoms with E-state index in [1.165, 1.54) is 24.9 Å². The molecule has 1 heterocycles. The summed E-state index contributed by atoms with van der Waals surface area (Å²) in [5, 5.41) is 13.3. The Hall–Kier alpha value is -3.63. The molecule has 3 aromatic rings. The van der Waals surface area contributed by atoms with Crippen molar-refractivity contribution in [3.05, 3.63) is 69.7 Å². The molecule has 3 rings (SSSR count). The average molecular weight is 472 g/mol. The Morgan fingerprint density at radius 1 is 1.27 bits per heavy atom. The second-order valence-electron chi connectivity index (χ2n) is 7.06. The summed E-state index contributed by atoms with van der Waals surface area (Å²) in [7, 11) is 3.01. The molecule has 1 unspecified atom stereocenters. The number of aromatic nitrogens is 2. The first-order valence-corrected chi connectivity index (χ1v) is 10.5. The molecule has 2 aromatic carbocycles. The predicted octanol–water partition coefficient (Wildman–Crippen LogP) is 2.43. The van der Waals surface area contributed by atoms with Crippen molar-refractivity contribution in [3.63, 3.8) is 0 Å². The van der Waals surface area contributed by atoms with E-state index >= 15 is 0 Å². The van der Waals surface area contributed by atoms with E-state index < -0.39 is 12.0 Å². The molecule has 1 atom stereocenters. The fourth-order valence-corrected chi connectivity index (χ4v) is 3.47. The lowest BCUT2D eigenvalue weighted by molar-refractivity contribution is 0.0834. The van der Waals surface area contributed by atoms with Crippen LogP contribution in [0.1, 0.15) is 10.4 Å². The lowest BCUT2D eigenvalue weighted by Gasteiger charge is -2.17. The molecule has 0 bridgehead atoms. The maximum atomic E-state index is 12.6. The lowest BCUT2D eigenvalue weighted by atomic mass is 10.1. The molecule has 10 heteroatoms. The maximum absolute atomic E-state index is 12.6. The Balaban J connectivity index is 1.66. The number of carbonyl (C=O) groups excluding carboxylic acids is 1. The van der Waals surface area contributed by atoms with Crippen LogP contribution in [0, 0.1) is 4.77 Å². The van der Waals surface area contributed by atoms with Crippen LogP contribution >= 0.6 is 12.2 Å². The average Bonchev–Trinajstić information content (AvgIpc) is 2.83. The van der Waals surface area contributed by atoms with Crippen molar-refractivity contribution >= 4 is 29.0 Å². The molecule has 0 fully saturated rings. The van der Waals surface area contributed by atoms with E-state index in [9.17, 15) is 14.7 Å². The van der Waals surface area contributed by atoms with E-state index in [2.05, 4.69) is 16.9 Å². The zero-order chi connectivity index (χ0) is 24.0. The molecular weight excluding hydrogens is 446 g/mol. The van der Waals surface area contributed by atoms with Gasteiger partial charge in [-0.15, -0.1) is 6.58 Å². The quantitative estimate of drug-likeness (QED) is 0.307. The maximum Gasteiger partial charge on any atom is 0.262 e. The number of para-hydroxylation sites is 1. The molecule has 0 aliphatic carbocycles. The van der Waals surface area contributed by atoms with Crippen LogP contribution < -0.4 is 25.1 Å². The van der Waals surface area contributed by atoms with Crippen molar-refractivity contribution in [1.82, 2.24) is 14.9 Å². The van der Waals surface area contributed by atoms with Gasteiger partial charge in [0.25, 0.3) is 11.5 Å². The summed E-state index contributed by atoms with van der Waals surface area (Å²) in [6.07, 6.45) is 0.596. The van der Waals surface area contributed by atoms with Crippen molar-refractivity contribution in [2.45, 2.75) is 12.6 Å². The van der Waals surface area contributed by atoms with Crippen LogP contribution in [0.5, 0.6) is 17.2 Å². The number of benzene rings is 2. The molecule has 0 spiro atoms. The molecule has 174 valence electrons. The Morgan fingerprint density at radius 2 is 1.97 bits per heavy atom. The zero-order valence-corrected chi connectivity index (χ0v) is 19.1. The van der Waals surface area contributed by atoms with Crippen LogP contribution in [0.2, 0.25) is 0 Å². The largest absolute Gasteiger partial charge is 0.493 e. The van der Waals surface area contributed by atoms with Gasteiger partial charge in [0.1, 0.15) is 12.7 Å². The topological polar surface area (TPSA) is 115 Å². The lowest BCUT2D eigenvalue weighted by Crippen LogP contribution is -2.35. The molecule has 0 aliphatic heterocycles. The van der Waals surface area contributed by atoms with Gasteiger partial charge in [0.2, 0.25) is 5.75 Å². The zero-order valence-electron chi connectivity index (χ0n) is 18.3. The van der Waals surface area contributed by atoms with Gasteiger partial charge < -0.3 is 29.6 Å². The predicted molar refractivity (Wildman–Crippen MR) is 127 cm³/mol. The Kier molecular flexibility index (Phi) is 7.86. The van der Waals surface area contributed by atoms with Crippen LogP contribution in [0.15, 0.2) is 53.8 Å². The van der Waals surface area contributed by atoms with Crippen LogP contribution in [0.4, 0.5) is 0 Å². The van der Waals surface area contributed by atoms with Crippen molar-refractivity contribution in [2.75, 3.05) is 27.4 Å². The number of aliphatic hydroxyl groups is 1. The summed E-state index contributed by atoms with van der Waals surface area (Å²) < 4.78 is 17.8. The van der Waals surface area contributed by atoms with Gasteiger partial charge in [-0.05, 0) is 42.5 Å². The number of ether oxygens (including phenoxy) is 3. The number of H-pyrrole nitrogens is 1. The highest BCUT2D eigenvalue weighted by molar-refractivity contribution is 7.71. The molecule has 0 saturated heterocycles. The Morgan fingerprint density at radius 3 is 2.61 bits per heavy atom. The summed E-state index contributed by atoms with van der Waals surface area (Å²) in [4.78, 5) is 28.1. The fourth-order valence-electron chi connectivity index (χ4n) is 3.20.